The maximum absolute atomic E-state index is 13.8. The molecule has 0 aromatic heterocycles. The number of hydrogen-bond acceptors (Lipinski definition) is 2. The topological polar surface area (TPSA) is 38.0 Å². The Balaban J connectivity index is 2.22. The summed E-state index contributed by atoms with van der Waals surface area (Å²) < 4.78 is 13.8. The molecule has 3 N–H and O–H groups in total. The third-order valence-corrected chi connectivity index (χ3v) is 3.63. The molecular formula is C16H18ClFN2. The van der Waals surface area contributed by atoms with E-state index in [1.807, 2.05) is 37.3 Å². The lowest BCUT2D eigenvalue weighted by molar-refractivity contribution is 0.502. The Bertz CT molecular complexity index is 539. The third-order valence-electron chi connectivity index (χ3n) is 3.30. The maximum atomic E-state index is 13.8. The van der Waals surface area contributed by atoms with Gasteiger partial charge in [-0.05, 0) is 37.1 Å². The smallest absolute Gasteiger partial charge is 0.126 e. The van der Waals surface area contributed by atoms with Gasteiger partial charge in [0.05, 0.1) is 16.2 Å². The number of rotatable bonds is 5. The van der Waals surface area contributed by atoms with Gasteiger partial charge in [-0.2, -0.15) is 0 Å². The summed E-state index contributed by atoms with van der Waals surface area (Å²) in [5.74, 6) is -0.215. The summed E-state index contributed by atoms with van der Waals surface area (Å²) in [4.78, 5) is 0. The van der Waals surface area contributed by atoms with Crippen molar-refractivity contribution in [3.8, 4) is 0 Å². The minimum atomic E-state index is -0.465. The average molecular weight is 293 g/mol. The zero-order valence-corrected chi connectivity index (χ0v) is 12.1. The standard InChI is InChI=1S/C16H18ClFN2/c1-16(11-19,10-12-6-2-4-8-14(12)18)20-15-9-5-3-7-13(15)17/h2-9,20H,10-11,19H2,1H3. The number of para-hydroxylation sites is 1. The van der Waals surface area contributed by atoms with Gasteiger partial charge < -0.3 is 11.1 Å². The molecule has 0 amide bonds. The van der Waals surface area contributed by atoms with Gasteiger partial charge in [-0.1, -0.05) is 41.9 Å². The lowest BCUT2D eigenvalue weighted by atomic mass is 9.92. The molecule has 0 saturated carbocycles. The van der Waals surface area contributed by atoms with Crippen LogP contribution in [-0.2, 0) is 6.42 Å². The van der Waals surface area contributed by atoms with Crippen molar-refractivity contribution in [2.24, 2.45) is 5.73 Å². The number of nitrogens with one attached hydrogen (secondary N) is 1. The van der Waals surface area contributed by atoms with Crippen molar-refractivity contribution in [1.82, 2.24) is 0 Å². The van der Waals surface area contributed by atoms with E-state index in [2.05, 4.69) is 5.32 Å². The molecular weight excluding hydrogens is 275 g/mol. The van der Waals surface area contributed by atoms with Crippen molar-refractivity contribution in [2.45, 2.75) is 18.9 Å². The quantitative estimate of drug-likeness (QED) is 0.878. The molecule has 0 aliphatic heterocycles. The Morgan fingerprint density at radius 3 is 2.45 bits per heavy atom. The van der Waals surface area contributed by atoms with Gasteiger partial charge in [-0.15, -0.1) is 0 Å². The highest BCUT2D eigenvalue weighted by Crippen LogP contribution is 2.26. The molecule has 0 saturated heterocycles. The van der Waals surface area contributed by atoms with Crippen molar-refractivity contribution < 1.29 is 4.39 Å². The van der Waals surface area contributed by atoms with Gasteiger partial charge in [-0.3, -0.25) is 0 Å². The van der Waals surface area contributed by atoms with Crippen LogP contribution in [0.3, 0.4) is 0 Å². The number of benzene rings is 2. The second kappa shape index (κ2) is 6.25. The summed E-state index contributed by atoms with van der Waals surface area (Å²) in [7, 11) is 0. The molecule has 1 atom stereocenters. The van der Waals surface area contributed by atoms with Crippen molar-refractivity contribution in [3.63, 3.8) is 0 Å². The largest absolute Gasteiger partial charge is 0.377 e. The lowest BCUT2D eigenvalue weighted by Crippen LogP contribution is -2.44. The number of nitrogens with two attached hydrogens (primary N) is 1. The summed E-state index contributed by atoms with van der Waals surface area (Å²) in [6.45, 7) is 2.33. The van der Waals surface area contributed by atoms with Gasteiger partial charge >= 0.3 is 0 Å². The summed E-state index contributed by atoms with van der Waals surface area (Å²) in [6, 6.07) is 14.2. The fourth-order valence-corrected chi connectivity index (χ4v) is 2.30. The monoisotopic (exact) mass is 292 g/mol. The molecule has 0 aliphatic carbocycles. The van der Waals surface area contributed by atoms with Crippen LogP contribution in [0.1, 0.15) is 12.5 Å². The van der Waals surface area contributed by atoms with Crippen LogP contribution in [0.15, 0.2) is 48.5 Å². The highest BCUT2D eigenvalue weighted by Gasteiger charge is 2.24. The predicted molar refractivity (Wildman–Crippen MR) is 82.6 cm³/mol. The summed E-state index contributed by atoms with van der Waals surface area (Å²) in [5.41, 5.74) is 6.85. The van der Waals surface area contributed by atoms with Crippen molar-refractivity contribution in [2.75, 3.05) is 11.9 Å². The van der Waals surface area contributed by atoms with E-state index < -0.39 is 5.54 Å². The van der Waals surface area contributed by atoms with E-state index in [9.17, 15) is 4.39 Å². The molecule has 1 unspecified atom stereocenters. The third kappa shape index (κ3) is 3.50. The van der Waals surface area contributed by atoms with Crippen LogP contribution in [0.5, 0.6) is 0 Å². The molecule has 0 radical (unpaired) electrons. The van der Waals surface area contributed by atoms with Crippen LogP contribution < -0.4 is 11.1 Å². The molecule has 2 nitrogen and oxygen atoms in total. The predicted octanol–water partition coefficient (Wildman–Crippen LogP) is 3.85. The Morgan fingerprint density at radius 2 is 1.80 bits per heavy atom. The molecule has 0 heterocycles. The lowest BCUT2D eigenvalue weighted by Gasteiger charge is -2.31. The van der Waals surface area contributed by atoms with E-state index in [4.69, 9.17) is 17.3 Å². The maximum Gasteiger partial charge on any atom is 0.126 e. The molecule has 0 bridgehead atoms. The fourth-order valence-electron chi connectivity index (χ4n) is 2.12. The van der Waals surface area contributed by atoms with E-state index in [-0.39, 0.29) is 5.82 Å². The van der Waals surface area contributed by atoms with Crippen LogP contribution in [0.25, 0.3) is 0 Å². The van der Waals surface area contributed by atoms with Gasteiger partial charge in [0.25, 0.3) is 0 Å². The molecule has 4 heteroatoms. The Morgan fingerprint density at radius 1 is 1.15 bits per heavy atom. The second-order valence-corrected chi connectivity index (χ2v) is 5.55. The molecule has 2 aromatic rings. The van der Waals surface area contributed by atoms with Crippen molar-refractivity contribution in [1.29, 1.82) is 0 Å². The molecule has 2 aromatic carbocycles. The minimum absolute atomic E-state index is 0.215. The Labute approximate surface area is 123 Å². The molecule has 20 heavy (non-hydrogen) atoms. The molecule has 106 valence electrons. The zero-order valence-electron chi connectivity index (χ0n) is 11.4. The van der Waals surface area contributed by atoms with E-state index >= 15 is 0 Å². The normalized spacial score (nSPS) is 13.8. The molecule has 0 aliphatic rings. The number of halogens is 2. The highest BCUT2D eigenvalue weighted by atomic mass is 35.5. The van der Waals surface area contributed by atoms with Crippen LogP contribution in [0, 0.1) is 5.82 Å². The van der Waals surface area contributed by atoms with E-state index in [1.165, 1.54) is 6.07 Å². The summed E-state index contributed by atoms with van der Waals surface area (Å²) >= 11 is 6.14. The number of anilines is 1. The van der Waals surface area contributed by atoms with Crippen LogP contribution >= 0.6 is 11.6 Å². The molecule has 0 spiro atoms. The van der Waals surface area contributed by atoms with E-state index in [0.29, 0.717) is 23.6 Å². The first-order chi connectivity index (χ1) is 9.54. The van der Waals surface area contributed by atoms with Gasteiger partial charge in [0.2, 0.25) is 0 Å². The first kappa shape index (κ1) is 14.8. The Hall–Kier alpha value is -1.58. The van der Waals surface area contributed by atoms with Gasteiger partial charge in [0.1, 0.15) is 5.82 Å². The van der Waals surface area contributed by atoms with Gasteiger partial charge in [0.15, 0.2) is 0 Å². The first-order valence-electron chi connectivity index (χ1n) is 6.50. The van der Waals surface area contributed by atoms with Crippen LogP contribution in [0.4, 0.5) is 10.1 Å². The SMILES string of the molecule is CC(CN)(Cc1ccccc1F)Nc1ccccc1Cl. The highest BCUT2D eigenvalue weighted by molar-refractivity contribution is 6.33. The van der Waals surface area contributed by atoms with Crippen LogP contribution in [0.2, 0.25) is 5.02 Å². The van der Waals surface area contributed by atoms with E-state index in [0.717, 1.165) is 5.69 Å². The van der Waals surface area contributed by atoms with Gasteiger partial charge in [-0.25, -0.2) is 4.39 Å². The zero-order chi connectivity index (χ0) is 14.6. The fraction of sp³-hybridized carbons (Fsp3) is 0.250. The number of hydrogen-bond donors (Lipinski definition) is 2. The summed E-state index contributed by atoms with van der Waals surface area (Å²) in [6.07, 6.45) is 0.487. The van der Waals surface area contributed by atoms with Crippen LogP contribution in [-0.4, -0.2) is 12.1 Å². The second-order valence-electron chi connectivity index (χ2n) is 5.14. The Kier molecular flexibility index (Phi) is 4.63. The van der Waals surface area contributed by atoms with Gasteiger partial charge in [0, 0.05) is 6.54 Å². The van der Waals surface area contributed by atoms with E-state index in [1.54, 1.807) is 12.1 Å². The van der Waals surface area contributed by atoms with Crippen molar-refractivity contribution in [3.05, 3.63) is 64.9 Å². The first-order valence-corrected chi connectivity index (χ1v) is 6.88. The minimum Gasteiger partial charge on any atom is -0.377 e. The molecule has 2 rings (SSSR count). The summed E-state index contributed by atoms with van der Waals surface area (Å²) in [5, 5.41) is 3.95. The van der Waals surface area contributed by atoms with Crippen molar-refractivity contribution >= 4 is 17.3 Å². The average Bonchev–Trinajstić information content (AvgIpc) is 2.44. The molecule has 0 fully saturated rings.